The van der Waals surface area contributed by atoms with Crippen molar-refractivity contribution in [1.29, 1.82) is 0 Å². The number of nitrogens with zero attached hydrogens (tertiary/aromatic N) is 5. The van der Waals surface area contributed by atoms with Gasteiger partial charge in [-0.05, 0) is 41.1 Å². The zero-order valence-corrected chi connectivity index (χ0v) is 15.9. The van der Waals surface area contributed by atoms with Crippen LogP contribution in [0.3, 0.4) is 0 Å². The molecule has 1 amide bonds. The summed E-state index contributed by atoms with van der Waals surface area (Å²) >= 11 is 6.11. The molecule has 144 valence electrons. The summed E-state index contributed by atoms with van der Waals surface area (Å²) in [4.78, 5) is 13.2. The van der Waals surface area contributed by atoms with E-state index >= 15 is 0 Å². The largest absolute Gasteiger partial charge is 0.493 e. The van der Waals surface area contributed by atoms with Crippen LogP contribution >= 0.6 is 11.6 Å². The van der Waals surface area contributed by atoms with Crippen LogP contribution in [0, 0.1) is 0 Å². The molecule has 3 aromatic rings. The molecule has 0 unspecified atom stereocenters. The summed E-state index contributed by atoms with van der Waals surface area (Å²) in [5.41, 5.74) is 3.79. The van der Waals surface area contributed by atoms with E-state index in [4.69, 9.17) is 21.1 Å². The second kappa shape index (κ2) is 8.96. The Balaban J connectivity index is 1.59. The third kappa shape index (κ3) is 4.63. The fourth-order valence-corrected chi connectivity index (χ4v) is 2.56. The molecule has 2 aromatic carbocycles. The normalized spacial score (nSPS) is 10.8. The maximum Gasteiger partial charge on any atom is 0.263 e. The van der Waals surface area contributed by atoms with Crippen molar-refractivity contribution in [3.8, 4) is 22.9 Å². The maximum absolute atomic E-state index is 12.0. The molecule has 0 spiro atoms. The first-order valence-corrected chi connectivity index (χ1v) is 8.55. The van der Waals surface area contributed by atoms with Gasteiger partial charge in [0.05, 0.1) is 25.5 Å². The van der Waals surface area contributed by atoms with Crippen molar-refractivity contribution in [1.82, 2.24) is 25.6 Å². The summed E-state index contributed by atoms with van der Waals surface area (Å²) in [6.45, 7) is -0.138. The Labute approximate surface area is 165 Å². The molecule has 0 fully saturated rings. The highest BCUT2D eigenvalue weighted by Crippen LogP contribution is 2.27. The van der Waals surface area contributed by atoms with Gasteiger partial charge in [0.25, 0.3) is 5.91 Å². The van der Waals surface area contributed by atoms with Crippen LogP contribution in [0.2, 0.25) is 5.02 Å². The lowest BCUT2D eigenvalue weighted by molar-refractivity contribution is -0.122. The van der Waals surface area contributed by atoms with Gasteiger partial charge in [-0.3, -0.25) is 4.79 Å². The predicted molar refractivity (Wildman–Crippen MR) is 104 cm³/mol. The van der Waals surface area contributed by atoms with E-state index in [2.05, 4.69) is 25.9 Å². The molecule has 1 N–H and O–H groups in total. The number of rotatable bonds is 7. The van der Waals surface area contributed by atoms with Crippen LogP contribution in [0.5, 0.6) is 11.5 Å². The number of carbonyl (C=O) groups is 1. The molecule has 1 heterocycles. The highest BCUT2D eigenvalue weighted by Gasteiger charge is 2.11. The lowest BCUT2D eigenvalue weighted by Crippen LogP contribution is -2.24. The minimum absolute atomic E-state index is 0.138. The standard InChI is InChI=1S/C18H17ClN6O3/c1-27-15-8-7-12(9-16(15)28-2)10-20-21-17(26)11-25-23-18(22-24-25)13-5-3-4-6-14(13)19/h3-10H,11H2,1-2H3,(H,21,26)/b20-10+. The lowest BCUT2D eigenvalue weighted by Gasteiger charge is -2.07. The number of hydrazone groups is 1. The van der Waals surface area contributed by atoms with E-state index in [0.717, 1.165) is 5.56 Å². The Kier molecular flexibility index (Phi) is 6.18. The van der Waals surface area contributed by atoms with Crippen LogP contribution < -0.4 is 14.9 Å². The lowest BCUT2D eigenvalue weighted by atomic mass is 10.2. The summed E-state index contributed by atoms with van der Waals surface area (Å²) in [5.74, 6) is 1.11. The molecule has 28 heavy (non-hydrogen) atoms. The van der Waals surface area contributed by atoms with E-state index in [1.54, 1.807) is 50.6 Å². The third-order valence-corrected chi connectivity index (χ3v) is 3.99. The molecule has 0 saturated heterocycles. The number of hydrogen-bond acceptors (Lipinski definition) is 7. The van der Waals surface area contributed by atoms with Gasteiger partial charge in [-0.15, -0.1) is 10.2 Å². The topological polar surface area (TPSA) is 104 Å². The number of nitrogens with one attached hydrogen (secondary N) is 1. The molecular formula is C18H17ClN6O3. The van der Waals surface area contributed by atoms with Crippen LogP contribution in [-0.2, 0) is 11.3 Å². The average molecular weight is 401 g/mol. The molecule has 0 saturated carbocycles. The molecule has 0 atom stereocenters. The highest BCUT2D eigenvalue weighted by molar-refractivity contribution is 6.33. The first-order chi connectivity index (χ1) is 13.6. The van der Waals surface area contributed by atoms with E-state index in [9.17, 15) is 4.79 Å². The van der Waals surface area contributed by atoms with Crippen molar-refractivity contribution < 1.29 is 14.3 Å². The Bertz CT molecular complexity index is 1000. The SMILES string of the molecule is COc1ccc(/C=N/NC(=O)Cn2nnc(-c3ccccc3Cl)n2)cc1OC. The molecule has 0 bridgehead atoms. The van der Waals surface area contributed by atoms with E-state index < -0.39 is 5.91 Å². The summed E-state index contributed by atoms with van der Waals surface area (Å²) in [6, 6.07) is 12.4. The van der Waals surface area contributed by atoms with Crippen molar-refractivity contribution in [3.63, 3.8) is 0 Å². The average Bonchev–Trinajstić information content (AvgIpc) is 3.16. The quantitative estimate of drug-likeness (QED) is 0.481. The number of halogens is 1. The summed E-state index contributed by atoms with van der Waals surface area (Å²) in [5, 5.41) is 16.4. The number of aromatic nitrogens is 4. The second-order valence-corrected chi connectivity index (χ2v) is 5.94. The molecule has 0 aliphatic carbocycles. The molecule has 0 aliphatic rings. The van der Waals surface area contributed by atoms with Gasteiger partial charge < -0.3 is 9.47 Å². The van der Waals surface area contributed by atoms with Gasteiger partial charge in [0.2, 0.25) is 5.82 Å². The van der Waals surface area contributed by atoms with Crippen molar-refractivity contribution in [3.05, 3.63) is 53.1 Å². The monoisotopic (exact) mass is 400 g/mol. The van der Waals surface area contributed by atoms with E-state index in [-0.39, 0.29) is 6.54 Å². The fourth-order valence-electron chi connectivity index (χ4n) is 2.34. The highest BCUT2D eigenvalue weighted by atomic mass is 35.5. The summed E-state index contributed by atoms with van der Waals surface area (Å²) in [7, 11) is 3.10. The minimum atomic E-state index is -0.403. The molecule has 3 rings (SSSR count). The van der Waals surface area contributed by atoms with Crippen LogP contribution in [-0.4, -0.2) is 46.5 Å². The van der Waals surface area contributed by atoms with Crippen LogP contribution in [0.25, 0.3) is 11.4 Å². The van der Waals surface area contributed by atoms with Crippen molar-refractivity contribution in [2.75, 3.05) is 14.2 Å². The number of hydrogen-bond donors (Lipinski definition) is 1. The Morgan fingerprint density at radius 1 is 1.21 bits per heavy atom. The van der Waals surface area contributed by atoms with Gasteiger partial charge in [-0.1, -0.05) is 23.7 Å². The Hall–Kier alpha value is -3.46. The van der Waals surface area contributed by atoms with Gasteiger partial charge >= 0.3 is 0 Å². The number of methoxy groups -OCH3 is 2. The summed E-state index contributed by atoms with van der Waals surface area (Å²) < 4.78 is 10.4. The molecule has 0 radical (unpaired) electrons. The number of carbonyl (C=O) groups excluding carboxylic acids is 1. The molecule has 0 aliphatic heterocycles. The van der Waals surface area contributed by atoms with Gasteiger partial charge in [0.15, 0.2) is 11.5 Å². The van der Waals surface area contributed by atoms with Crippen LogP contribution in [0.15, 0.2) is 47.6 Å². The van der Waals surface area contributed by atoms with Crippen molar-refractivity contribution >= 4 is 23.7 Å². The zero-order chi connectivity index (χ0) is 19.9. The summed E-state index contributed by atoms with van der Waals surface area (Å²) in [6.07, 6.45) is 1.49. The maximum atomic E-state index is 12.0. The number of amides is 1. The number of ether oxygens (including phenoxy) is 2. The number of benzene rings is 2. The first kappa shape index (κ1) is 19.3. The molecule has 1 aromatic heterocycles. The van der Waals surface area contributed by atoms with Crippen molar-refractivity contribution in [2.24, 2.45) is 5.10 Å². The van der Waals surface area contributed by atoms with Crippen LogP contribution in [0.4, 0.5) is 0 Å². The molecular weight excluding hydrogens is 384 g/mol. The third-order valence-electron chi connectivity index (χ3n) is 3.66. The van der Waals surface area contributed by atoms with E-state index in [1.165, 1.54) is 11.0 Å². The molecule has 10 heteroatoms. The van der Waals surface area contributed by atoms with Gasteiger partial charge in [-0.2, -0.15) is 9.90 Å². The van der Waals surface area contributed by atoms with E-state index in [1.807, 2.05) is 6.07 Å². The van der Waals surface area contributed by atoms with Crippen molar-refractivity contribution in [2.45, 2.75) is 6.54 Å². The fraction of sp³-hybridized carbons (Fsp3) is 0.167. The first-order valence-electron chi connectivity index (χ1n) is 8.17. The minimum Gasteiger partial charge on any atom is -0.493 e. The van der Waals surface area contributed by atoms with Gasteiger partial charge in [-0.25, -0.2) is 5.43 Å². The van der Waals surface area contributed by atoms with E-state index in [0.29, 0.717) is 27.9 Å². The predicted octanol–water partition coefficient (Wildman–Crippen LogP) is 2.16. The molecule has 9 nitrogen and oxygen atoms in total. The zero-order valence-electron chi connectivity index (χ0n) is 15.2. The van der Waals surface area contributed by atoms with Gasteiger partial charge in [0, 0.05) is 5.56 Å². The smallest absolute Gasteiger partial charge is 0.263 e. The Morgan fingerprint density at radius 2 is 2.00 bits per heavy atom. The van der Waals surface area contributed by atoms with Gasteiger partial charge in [0.1, 0.15) is 6.54 Å². The van der Waals surface area contributed by atoms with Crippen LogP contribution in [0.1, 0.15) is 5.56 Å². The number of tetrazole rings is 1. The second-order valence-electron chi connectivity index (χ2n) is 5.53. The Morgan fingerprint density at radius 3 is 2.75 bits per heavy atom.